The number of carbonyl (C=O) groups excluding carboxylic acids is 1. The molecular formula is C28H32ClN9O8. The van der Waals surface area contributed by atoms with Crippen LogP contribution in [-0.4, -0.2) is 99.3 Å². The second kappa shape index (κ2) is 10.5. The topological polar surface area (TPSA) is 195 Å². The minimum Gasteiger partial charge on any atom is -0.460 e. The van der Waals surface area contributed by atoms with E-state index in [0.29, 0.717) is 22.3 Å². The number of fused-ring (bicyclic) bond motifs is 4. The summed E-state index contributed by atoms with van der Waals surface area (Å²) in [5.41, 5.74) is 7.85. The molecule has 0 bridgehead atoms. The normalized spacial score (nSPS) is 33.4. The highest BCUT2D eigenvalue weighted by molar-refractivity contribution is 6.33. The third-order valence-electron chi connectivity index (χ3n) is 8.59. The van der Waals surface area contributed by atoms with Gasteiger partial charge in [-0.1, -0.05) is 11.6 Å². The van der Waals surface area contributed by atoms with E-state index in [1.54, 1.807) is 21.8 Å². The highest BCUT2D eigenvalue weighted by Crippen LogP contribution is 2.49. The molecule has 1 unspecified atom stereocenters. The van der Waals surface area contributed by atoms with Crippen LogP contribution in [0.25, 0.3) is 22.3 Å². The lowest BCUT2D eigenvalue weighted by Crippen LogP contribution is -2.44. The Labute approximate surface area is 266 Å². The molecule has 244 valence electrons. The first kappa shape index (κ1) is 29.8. The SMILES string of the molecule is CC(=O)OC(C[C@H]1O[C@@H](n2cnc3c(N)ncnc32)[C@@H]2OC(C)(C)O[C@@H]21)[C@H]1O[C@@H](n2cnc3c(Cl)ncnc32)[C@@H]2OC(C)(C)O[C@@H]21. The van der Waals surface area contributed by atoms with Gasteiger partial charge in [0.2, 0.25) is 0 Å². The largest absolute Gasteiger partial charge is 0.460 e. The average Bonchev–Trinajstić information content (AvgIpc) is 3.80. The Kier molecular flexibility index (Phi) is 6.78. The summed E-state index contributed by atoms with van der Waals surface area (Å²) in [6.45, 7) is 8.65. The Morgan fingerprint density at radius 3 is 2.11 bits per heavy atom. The predicted octanol–water partition coefficient (Wildman–Crippen LogP) is 2.06. The third kappa shape index (κ3) is 4.80. The molecule has 0 spiro atoms. The summed E-state index contributed by atoms with van der Waals surface area (Å²) in [5, 5.41) is 0.209. The van der Waals surface area contributed by atoms with Gasteiger partial charge in [0, 0.05) is 13.3 Å². The molecule has 8 rings (SSSR count). The van der Waals surface area contributed by atoms with Crippen molar-refractivity contribution >= 4 is 45.7 Å². The number of nitrogens with zero attached hydrogens (tertiary/aromatic N) is 8. The second-order valence-electron chi connectivity index (χ2n) is 12.6. The van der Waals surface area contributed by atoms with Crippen LogP contribution in [0.2, 0.25) is 5.15 Å². The van der Waals surface area contributed by atoms with Gasteiger partial charge in [-0.15, -0.1) is 0 Å². The van der Waals surface area contributed by atoms with Gasteiger partial charge in [-0.25, -0.2) is 29.9 Å². The number of aromatic nitrogens is 8. The van der Waals surface area contributed by atoms with Crippen LogP contribution in [0.5, 0.6) is 0 Å². The molecule has 46 heavy (non-hydrogen) atoms. The first-order valence-corrected chi connectivity index (χ1v) is 15.2. The number of nitrogens with two attached hydrogens (primary N) is 1. The summed E-state index contributed by atoms with van der Waals surface area (Å²) in [6.07, 6.45) is 0.149. The first-order chi connectivity index (χ1) is 21.9. The Balaban J connectivity index is 1.13. The number of anilines is 1. The molecule has 0 radical (unpaired) electrons. The van der Waals surface area contributed by atoms with Gasteiger partial charge in [0.05, 0.1) is 18.8 Å². The number of ether oxygens (including phenoxy) is 7. The van der Waals surface area contributed by atoms with Gasteiger partial charge in [0.25, 0.3) is 0 Å². The fourth-order valence-corrected chi connectivity index (χ4v) is 7.14. The molecule has 8 heterocycles. The Hall–Kier alpha value is -3.58. The number of esters is 1. The lowest BCUT2D eigenvalue weighted by atomic mass is 9.97. The molecule has 0 aromatic carbocycles. The molecule has 4 fully saturated rings. The lowest BCUT2D eigenvalue weighted by Gasteiger charge is -2.31. The van der Waals surface area contributed by atoms with Crippen molar-refractivity contribution < 1.29 is 38.0 Å². The van der Waals surface area contributed by atoms with Crippen LogP contribution < -0.4 is 5.73 Å². The summed E-state index contributed by atoms with van der Waals surface area (Å²) in [4.78, 5) is 38.2. The summed E-state index contributed by atoms with van der Waals surface area (Å²) in [6, 6.07) is 0. The molecule has 0 aliphatic carbocycles. The monoisotopic (exact) mass is 657 g/mol. The van der Waals surface area contributed by atoms with E-state index >= 15 is 0 Å². The van der Waals surface area contributed by atoms with Crippen molar-refractivity contribution in [3.05, 3.63) is 30.5 Å². The van der Waals surface area contributed by atoms with Gasteiger partial charge < -0.3 is 38.9 Å². The number of halogens is 1. The fourth-order valence-electron chi connectivity index (χ4n) is 6.96. The first-order valence-electron chi connectivity index (χ1n) is 14.8. The highest BCUT2D eigenvalue weighted by Gasteiger charge is 2.61. The van der Waals surface area contributed by atoms with E-state index in [-0.39, 0.29) is 17.4 Å². The fraction of sp³-hybridized carbons (Fsp3) is 0.607. The summed E-state index contributed by atoms with van der Waals surface area (Å²) >= 11 is 6.28. The van der Waals surface area contributed by atoms with Crippen molar-refractivity contribution in [1.29, 1.82) is 0 Å². The summed E-state index contributed by atoms with van der Waals surface area (Å²) in [7, 11) is 0. The molecule has 2 N–H and O–H groups in total. The zero-order valence-corrected chi connectivity index (χ0v) is 26.3. The number of imidazole rings is 2. The molecule has 4 aliphatic rings. The summed E-state index contributed by atoms with van der Waals surface area (Å²) < 4.78 is 48.1. The number of rotatable bonds is 6. The molecule has 4 saturated heterocycles. The third-order valence-corrected chi connectivity index (χ3v) is 8.86. The Morgan fingerprint density at radius 2 is 1.41 bits per heavy atom. The molecule has 4 aliphatic heterocycles. The van der Waals surface area contributed by atoms with Crippen LogP contribution in [0.4, 0.5) is 5.82 Å². The van der Waals surface area contributed by atoms with Crippen LogP contribution in [0, 0.1) is 0 Å². The maximum absolute atomic E-state index is 12.6. The molecule has 0 amide bonds. The van der Waals surface area contributed by atoms with Crippen molar-refractivity contribution in [2.75, 3.05) is 5.73 Å². The molecule has 4 aromatic heterocycles. The Bertz CT molecular complexity index is 1830. The second-order valence-corrected chi connectivity index (χ2v) is 13.0. The minimum absolute atomic E-state index is 0.184. The van der Waals surface area contributed by atoms with E-state index in [4.69, 9.17) is 50.5 Å². The average molecular weight is 658 g/mol. The zero-order valence-electron chi connectivity index (χ0n) is 25.5. The van der Waals surface area contributed by atoms with Crippen LogP contribution in [0.15, 0.2) is 25.3 Å². The molecule has 18 heteroatoms. The smallest absolute Gasteiger partial charge is 0.302 e. The van der Waals surface area contributed by atoms with Gasteiger partial charge >= 0.3 is 5.97 Å². The molecule has 4 aromatic rings. The van der Waals surface area contributed by atoms with E-state index in [9.17, 15) is 4.79 Å². The standard InChI is InChI=1S/C28H32ClN9O8/c1-11(39)40-12(16-18-20(46-28(4,5)44-18)26(42-16)37-9-35-14-21(29)31-7-33-23(14)37)6-13-17-19(45-27(2,3)43-17)25(41-13)38-10-36-15-22(30)32-8-34-24(15)38/h7-10,12-13,16-20,25-26H,6H2,1-5H3,(H2,30,32,34)/t12?,13-,16-,17-,18-,19-,20-,25-,26-/m1/s1. The van der Waals surface area contributed by atoms with E-state index in [0.717, 1.165) is 0 Å². The zero-order chi connectivity index (χ0) is 32.1. The van der Waals surface area contributed by atoms with Crippen molar-refractivity contribution in [3.8, 4) is 0 Å². The van der Waals surface area contributed by atoms with Crippen molar-refractivity contribution in [2.24, 2.45) is 0 Å². The number of carbonyl (C=O) groups is 1. The molecule has 17 nitrogen and oxygen atoms in total. The number of hydrogen-bond donors (Lipinski definition) is 1. The maximum atomic E-state index is 12.6. The van der Waals surface area contributed by atoms with Crippen molar-refractivity contribution in [1.82, 2.24) is 39.0 Å². The minimum atomic E-state index is -0.946. The highest BCUT2D eigenvalue weighted by atomic mass is 35.5. The van der Waals surface area contributed by atoms with Crippen molar-refractivity contribution in [3.63, 3.8) is 0 Å². The van der Waals surface area contributed by atoms with E-state index in [1.165, 1.54) is 19.6 Å². The maximum Gasteiger partial charge on any atom is 0.302 e. The predicted molar refractivity (Wildman–Crippen MR) is 156 cm³/mol. The van der Waals surface area contributed by atoms with Gasteiger partial charge in [-0.05, 0) is 27.7 Å². The van der Waals surface area contributed by atoms with Gasteiger partial charge in [-0.3, -0.25) is 13.9 Å². The molecular weight excluding hydrogens is 626 g/mol. The van der Waals surface area contributed by atoms with E-state index in [2.05, 4.69) is 29.9 Å². The van der Waals surface area contributed by atoms with Crippen molar-refractivity contribution in [2.45, 2.75) is 108 Å². The van der Waals surface area contributed by atoms with E-state index < -0.39 is 72.7 Å². The molecule has 9 atom stereocenters. The van der Waals surface area contributed by atoms with Crippen LogP contribution in [0.1, 0.15) is 53.5 Å². The van der Waals surface area contributed by atoms with Crippen LogP contribution in [-0.2, 0) is 38.0 Å². The summed E-state index contributed by atoms with van der Waals surface area (Å²) in [5.74, 6) is -2.10. The lowest BCUT2D eigenvalue weighted by molar-refractivity contribution is -0.219. The van der Waals surface area contributed by atoms with Gasteiger partial charge in [0.1, 0.15) is 60.3 Å². The quantitative estimate of drug-likeness (QED) is 0.233. The van der Waals surface area contributed by atoms with Gasteiger partial charge in [0.15, 0.2) is 46.3 Å². The van der Waals surface area contributed by atoms with Crippen LogP contribution >= 0.6 is 11.6 Å². The van der Waals surface area contributed by atoms with Gasteiger partial charge in [-0.2, -0.15) is 0 Å². The number of nitrogen functional groups attached to an aromatic ring is 1. The molecule has 0 saturated carbocycles. The Morgan fingerprint density at radius 1 is 0.848 bits per heavy atom. The van der Waals surface area contributed by atoms with E-state index in [1.807, 2.05) is 27.7 Å². The number of hydrogen-bond acceptors (Lipinski definition) is 15. The van der Waals surface area contributed by atoms with Crippen LogP contribution in [0.3, 0.4) is 0 Å².